The molecule has 0 saturated carbocycles. The van der Waals surface area contributed by atoms with Crippen molar-refractivity contribution in [1.29, 1.82) is 0 Å². The molecule has 1 aliphatic heterocycles. The van der Waals surface area contributed by atoms with Crippen LogP contribution in [0.4, 0.5) is 0 Å². The molecule has 1 fully saturated rings. The maximum Gasteiger partial charge on any atom is 0.124 e. The number of nitrogens with zero attached hydrogens (tertiary/aromatic N) is 2. The Morgan fingerprint density at radius 2 is 1.76 bits per heavy atom. The largest absolute Gasteiger partial charge is 0.304 e. The van der Waals surface area contributed by atoms with Crippen LogP contribution in [-0.2, 0) is 17.8 Å². The van der Waals surface area contributed by atoms with Crippen molar-refractivity contribution in [2.75, 3.05) is 33.2 Å². The minimum absolute atomic E-state index is 0.532. The lowest BCUT2D eigenvalue weighted by Crippen LogP contribution is -2.44. The highest BCUT2D eigenvalue weighted by molar-refractivity contribution is 5.56. The van der Waals surface area contributed by atoms with E-state index in [9.17, 15) is 4.79 Å². The molecule has 1 aromatic carbocycles. The lowest BCUT2D eigenvalue weighted by molar-refractivity contribution is -0.107. The molecule has 1 aromatic rings. The first-order chi connectivity index (χ1) is 8.29. The monoisotopic (exact) mass is 232 g/mol. The van der Waals surface area contributed by atoms with Crippen molar-refractivity contribution in [1.82, 2.24) is 9.80 Å². The van der Waals surface area contributed by atoms with E-state index in [1.165, 1.54) is 11.1 Å². The molecule has 1 heterocycles. The fourth-order valence-corrected chi connectivity index (χ4v) is 2.25. The third-order valence-corrected chi connectivity index (χ3v) is 3.41. The van der Waals surface area contributed by atoms with Crippen LogP contribution in [0, 0.1) is 0 Å². The van der Waals surface area contributed by atoms with Gasteiger partial charge in [0.1, 0.15) is 6.29 Å². The molecule has 0 amide bonds. The molecule has 3 heteroatoms. The summed E-state index contributed by atoms with van der Waals surface area (Å²) in [6.07, 6.45) is 1.52. The molecular weight excluding hydrogens is 212 g/mol. The normalized spacial score (nSPS) is 18.2. The lowest BCUT2D eigenvalue weighted by Gasteiger charge is -2.32. The summed E-state index contributed by atoms with van der Waals surface area (Å²) >= 11 is 0. The molecule has 0 N–H and O–H groups in total. The zero-order valence-electron chi connectivity index (χ0n) is 10.4. The van der Waals surface area contributed by atoms with Crippen molar-refractivity contribution in [2.45, 2.75) is 13.0 Å². The highest BCUT2D eigenvalue weighted by Gasteiger charge is 2.14. The molecule has 0 radical (unpaired) electrons. The first-order valence-corrected chi connectivity index (χ1v) is 6.21. The van der Waals surface area contributed by atoms with Crippen molar-refractivity contribution in [2.24, 2.45) is 0 Å². The summed E-state index contributed by atoms with van der Waals surface area (Å²) in [5.74, 6) is 0. The Balaban J connectivity index is 2.00. The Hall–Kier alpha value is -1.19. The Labute approximate surface area is 103 Å². The van der Waals surface area contributed by atoms with Crippen LogP contribution in [0.15, 0.2) is 24.3 Å². The highest BCUT2D eigenvalue weighted by atomic mass is 16.1. The lowest BCUT2D eigenvalue weighted by atomic mass is 10.0. The van der Waals surface area contributed by atoms with Gasteiger partial charge in [-0.1, -0.05) is 24.3 Å². The molecule has 0 bridgehead atoms. The molecule has 0 unspecified atom stereocenters. The summed E-state index contributed by atoms with van der Waals surface area (Å²) in [5, 5.41) is 0. The predicted octanol–water partition coefficient (Wildman–Crippen LogP) is 1.18. The Kier molecular flexibility index (Phi) is 4.29. The number of carbonyl (C=O) groups excluding carboxylic acids is 1. The number of aldehydes is 1. The zero-order valence-corrected chi connectivity index (χ0v) is 10.4. The van der Waals surface area contributed by atoms with Crippen molar-refractivity contribution in [3.05, 3.63) is 35.4 Å². The molecule has 1 saturated heterocycles. The summed E-state index contributed by atoms with van der Waals surface area (Å²) in [5.41, 5.74) is 2.46. The summed E-state index contributed by atoms with van der Waals surface area (Å²) in [6, 6.07) is 8.25. The van der Waals surface area contributed by atoms with Gasteiger partial charge >= 0.3 is 0 Å². The third kappa shape index (κ3) is 3.38. The van der Waals surface area contributed by atoms with E-state index < -0.39 is 0 Å². The van der Waals surface area contributed by atoms with Crippen molar-refractivity contribution >= 4 is 6.29 Å². The van der Waals surface area contributed by atoms with E-state index >= 15 is 0 Å². The minimum Gasteiger partial charge on any atom is -0.304 e. The number of rotatable bonds is 4. The van der Waals surface area contributed by atoms with E-state index in [-0.39, 0.29) is 0 Å². The van der Waals surface area contributed by atoms with Crippen LogP contribution in [0.3, 0.4) is 0 Å². The van der Waals surface area contributed by atoms with E-state index in [1.54, 1.807) is 0 Å². The van der Waals surface area contributed by atoms with Crippen LogP contribution in [0.1, 0.15) is 11.1 Å². The van der Waals surface area contributed by atoms with Gasteiger partial charge in [-0.15, -0.1) is 0 Å². The number of benzene rings is 1. The molecule has 0 aliphatic carbocycles. The smallest absolute Gasteiger partial charge is 0.124 e. The Morgan fingerprint density at radius 3 is 2.41 bits per heavy atom. The van der Waals surface area contributed by atoms with Crippen LogP contribution in [0.2, 0.25) is 0 Å². The minimum atomic E-state index is 0.532. The van der Waals surface area contributed by atoms with Crippen LogP contribution >= 0.6 is 0 Å². The van der Waals surface area contributed by atoms with Gasteiger partial charge in [-0.05, 0) is 18.2 Å². The molecule has 92 valence electrons. The Morgan fingerprint density at radius 1 is 1.12 bits per heavy atom. The first kappa shape index (κ1) is 12.3. The molecular formula is C14H20N2O. The summed E-state index contributed by atoms with van der Waals surface area (Å²) < 4.78 is 0. The molecule has 2 rings (SSSR count). The van der Waals surface area contributed by atoms with E-state index in [2.05, 4.69) is 35.0 Å². The van der Waals surface area contributed by atoms with Gasteiger partial charge < -0.3 is 9.69 Å². The van der Waals surface area contributed by atoms with E-state index in [4.69, 9.17) is 0 Å². The number of likely N-dealkylation sites (N-methyl/N-ethyl adjacent to an activating group) is 1. The second-order valence-corrected chi connectivity index (χ2v) is 4.72. The van der Waals surface area contributed by atoms with Crippen molar-refractivity contribution < 1.29 is 4.79 Å². The molecule has 1 aliphatic rings. The number of hydrogen-bond donors (Lipinski definition) is 0. The predicted molar refractivity (Wildman–Crippen MR) is 69.0 cm³/mol. The molecule has 3 nitrogen and oxygen atoms in total. The van der Waals surface area contributed by atoms with Gasteiger partial charge in [-0.3, -0.25) is 4.90 Å². The van der Waals surface area contributed by atoms with Crippen LogP contribution in [0.5, 0.6) is 0 Å². The van der Waals surface area contributed by atoms with Gasteiger partial charge in [-0.2, -0.15) is 0 Å². The van der Waals surface area contributed by atoms with E-state index in [1.807, 2.05) is 6.07 Å². The molecule has 0 atom stereocenters. The summed E-state index contributed by atoms with van der Waals surface area (Å²) in [6.45, 7) is 5.47. The standard InChI is InChI=1S/C14H20N2O/c1-15-7-9-16(10-8-15)12-14-5-3-2-4-13(14)6-11-17/h2-5,11H,6-10,12H2,1H3. The zero-order chi connectivity index (χ0) is 12.1. The fraction of sp³-hybridized carbons (Fsp3) is 0.500. The van der Waals surface area contributed by atoms with Crippen LogP contribution in [-0.4, -0.2) is 49.3 Å². The number of piperazine rings is 1. The average Bonchev–Trinajstić information content (AvgIpc) is 2.35. The SMILES string of the molecule is CN1CCN(Cc2ccccc2CC=O)CC1. The van der Waals surface area contributed by atoms with Gasteiger partial charge in [0.05, 0.1) is 0 Å². The first-order valence-electron chi connectivity index (χ1n) is 6.21. The van der Waals surface area contributed by atoms with Gasteiger partial charge in [0.2, 0.25) is 0 Å². The second kappa shape index (κ2) is 5.94. The van der Waals surface area contributed by atoms with Gasteiger partial charge in [0, 0.05) is 39.1 Å². The maximum atomic E-state index is 10.6. The van der Waals surface area contributed by atoms with E-state index in [0.717, 1.165) is 39.0 Å². The quantitative estimate of drug-likeness (QED) is 0.728. The summed E-state index contributed by atoms with van der Waals surface area (Å²) in [7, 11) is 2.16. The highest BCUT2D eigenvalue weighted by Crippen LogP contribution is 2.13. The van der Waals surface area contributed by atoms with Gasteiger partial charge in [0.15, 0.2) is 0 Å². The molecule has 0 aromatic heterocycles. The van der Waals surface area contributed by atoms with Gasteiger partial charge in [0.25, 0.3) is 0 Å². The summed E-state index contributed by atoms with van der Waals surface area (Å²) in [4.78, 5) is 15.5. The van der Waals surface area contributed by atoms with Crippen molar-refractivity contribution in [3.8, 4) is 0 Å². The van der Waals surface area contributed by atoms with Gasteiger partial charge in [-0.25, -0.2) is 0 Å². The van der Waals surface area contributed by atoms with Crippen LogP contribution in [0.25, 0.3) is 0 Å². The van der Waals surface area contributed by atoms with Crippen LogP contribution < -0.4 is 0 Å². The second-order valence-electron chi connectivity index (χ2n) is 4.72. The third-order valence-electron chi connectivity index (χ3n) is 3.41. The number of hydrogen-bond acceptors (Lipinski definition) is 3. The number of carbonyl (C=O) groups is 1. The van der Waals surface area contributed by atoms with E-state index in [0.29, 0.717) is 6.42 Å². The molecule has 0 spiro atoms. The fourth-order valence-electron chi connectivity index (χ4n) is 2.25. The average molecular weight is 232 g/mol. The maximum absolute atomic E-state index is 10.6. The van der Waals surface area contributed by atoms with Crippen molar-refractivity contribution in [3.63, 3.8) is 0 Å². The molecule has 17 heavy (non-hydrogen) atoms. The Bertz CT molecular complexity index is 370. The topological polar surface area (TPSA) is 23.6 Å².